The van der Waals surface area contributed by atoms with Gasteiger partial charge in [-0.05, 0) is 24.1 Å². The summed E-state index contributed by atoms with van der Waals surface area (Å²) in [6, 6.07) is 3.94. The van der Waals surface area contributed by atoms with E-state index in [2.05, 4.69) is 9.98 Å². The molecule has 0 aromatic carbocycles. The summed E-state index contributed by atoms with van der Waals surface area (Å²) < 4.78 is 1.98. The minimum Gasteiger partial charge on any atom is -0.335 e. The highest BCUT2D eigenvalue weighted by molar-refractivity contribution is 5.80. The third-order valence-electron chi connectivity index (χ3n) is 2.37. The molecule has 0 aliphatic rings. The van der Waals surface area contributed by atoms with Gasteiger partial charge >= 0.3 is 0 Å². The van der Waals surface area contributed by atoms with Crippen molar-refractivity contribution in [2.75, 3.05) is 6.54 Å². The van der Waals surface area contributed by atoms with Gasteiger partial charge in [0.1, 0.15) is 5.65 Å². The molecule has 2 aromatic heterocycles. The Morgan fingerprint density at radius 1 is 1.60 bits per heavy atom. The molecule has 0 unspecified atom stereocenters. The van der Waals surface area contributed by atoms with Gasteiger partial charge in [-0.25, -0.2) is 14.8 Å². The first kappa shape index (κ1) is 9.62. The fourth-order valence-electron chi connectivity index (χ4n) is 1.71. The molecular weight excluding hydrogens is 190 g/mol. The summed E-state index contributed by atoms with van der Waals surface area (Å²) in [5, 5.41) is 1.13. The Morgan fingerprint density at radius 2 is 2.47 bits per heavy atom. The van der Waals surface area contributed by atoms with E-state index in [0.29, 0.717) is 6.54 Å². The van der Waals surface area contributed by atoms with Crippen LogP contribution in [0.2, 0.25) is 0 Å². The van der Waals surface area contributed by atoms with Crippen LogP contribution >= 0.6 is 0 Å². The van der Waals surface area contributed by atoms with Crippen molar-refractivity contribution >= 4 is 17.1 Å². The fraction of sp³-hybridized carbons (Fsp3) is 0.273. The van der Waals surface area contributed by atoms with Gasteiger partial charge in [0.25, 0.3) is 0 Å². The van der Waals surface area contributed by atoms with E-state index in [1.165, 1.54) is 5.56 Å². The van der Waals surface area contributed by atoms with Crippen LogP contribution in [0, 0.1) is 0 Å². The van der Waals surface area contributed by atoms with Crippen molar-refractivity contribution in [1.29, 1.82) is 0 Å². The summed E-state index contributed by atoms with van der Waals surface area (Å²) in [6.45, 7) is 0.484. The molecular formula is C11H11N3O. The quantitative estimate of drug-likeness (QED) is 0.557. The second kappa shape index (κ2) is 4.07. The van der Waals surface area contributed by atoms with Crippen LogP contribution in [0.3, 0.4) is 0 Å². The van der Waals surface area contributed by atoms with Gasteiger partial charge in [0.2, 0.25) is 6.08 Å². The second-order valence-electron chi connectivity index (χ2n) is 3.36. The van der Waals surface area contributed by atoms with E-state index < -0.39 is 0 Å². The van der Waals surface area contributed by atoms with Crippen LogP contribution in [-0.2, 0) is 18.3 Å². The molecule has 0 aliphatic heterocycles. The van der Waals surface area contributed by atoms with E-state index in [-0.39, 0.29) is 0 Å². The Morgan fingerprint density at radius 3 is 3.27 bits per heavy atom. The van der Waals surface area contributed by atoms with Crippen molar-refractivity contribution in [3.63, 3.8) is 0 Å². The van der Waals surface area contributed by atoms with Gasteiger partial charge in [-0.2, -0.15) is 0 Å². The number of aromatic nitrogens is 2. The van der Waals surface area contributed by atoms with Crippen molar-refractivity contribution in [3.8, 4) is 0 Å². The number of hydrogen-bond donors (Lipinski definition) is 0. The minimum absolute atomic E-state index is 0.484. The van der Waals surface area contributed by atoms with Crippen molar-refractivity contribution in [3.05, 3.63) is 30.1 Å². The van der Waals surface area contributed by atoms with Gasteiger partial charge in [-0.1, -0.05) is 0 Å². The standard InChI is InChI=1S/C11H11N3O/c1-14-7-9(4-6-12-8-15)10-3-2-5-13-11(10)14/h2-3,5,7H,4,6H2,1H3. The third kappa shape index (κ3) is 1.80. The van der Waals surface area contributed by atoms with E-state index in [1.54, 1.807) is 12.3 Å². The summed E-state index contributed by atoms with van der Waals surface area (Å²) in [7, 11) is 1.96. The summed E-state index contributed by atoms with van der Waals surface area (Å²) in [4.78, 5) is 17.8. The van der Waals surface area contributed by atoms with Gasteiger partial charge in [-0.15, -0.1) is 0 Å². The third-order valence-corrected chi connectivity index (χ3v) is 2.37. The normalized spacial score (nSPS) is 10.2. The number of aliphatic imine (C=N–C) groups is 1. The number of aryl methyl sites for hydroxylation is 1. The lowest BCUT2D eigenvalue weighted by Crippen LogP contribution is -1.87. The van der Waals surface area contributed by atoms with Crippen molar-refractivity contribution in [2.45, 2.75) is 6.42 Å². The van der Waals surface area contributed by atoms with Crippen LogP contribution in [0.4, 0.5) is 0 Å². The Kier molecular flexibility index (Phi) is 2.61. The Hall–Kier alpha value is -1.93. The molecule has 0 amide bonds. The fourth-order valence-corrected chi connectivity index (χ4v) is 1.71. The number of isocyanates is 1. The SMILES string of the molecule is Cn1cc(CCN=C=O)c2cccnc21. The zero-order chi connectivity index (χ0) is 10.7. The lowest BCUT2D eigenvalue weighted by atomic mass is 10.1. The van der Waals surface area contributed by atoms with Gasteiger partial charge in [0.05, 0.1) is 6.54 Å². The highest BCUT2D eigenvalue weighted by Crippen LogP contribution is 2.18. The van der Waals surface area contributed by atoms with Crippen molar-refractivity contribution < 1.29 is 4.79 Å². The maximum atomic E-state index is 9.95. The van der Waals surface area contributed by atoms with E-state index in [9.17, 15) is 4.79 Å². The lowest BCUT2D eigenvalue weighted by Gasteiger charge is -1.93. The predicted molar refractivity (Wildman–Crippen MR) is 57.4 cm³/mol. The molecule has 0 saturated carbocycles. The first-order valence-corrected chi connectivity index (χ1v) is 4.75. The number of carbonyl (C=O) groups excluding carboxylic acids is 1. The zero-order valence-electron chi connectivity index (χ0n) is 8.47. The van der Waals surface area contributed by atoms with Crippen LogP contribution in [0.5, 0.6) is 0 Å². The molecule has 15 heavy (non-hydrogen) atoms. The average molecular weight is 201 g/mol. The monoisotopic (exact) mass is 201 g/mol. The summed E-state index contributed by atoms with van der Waals surface area (Å²) in [5.74, 6) is 0. The van der Waals surface area contributed by atoms with Gasteiger partial charge < -0.3 is 4.57 Å². The van der Waals surface area contributed by atoms with E-state index in [1.807, 2.05) is 29.9 Å². The summed E-state index contributed by atoms with van der Waals surface area (Å²) in [6.07, 6.45) is 6.09. The minimum atomic E-state index is 0.484. The highest BCUT2D eigenvalue weighted by Gasteiger charge is 2.05. The molecule has 0 aliphatic carbocycles. The van der Waals surface area contributed by atoms with Crippen molar-refractivity contribution in [2.24, 2.45) is 12.0 Å². The zero-order valence-corrected chi connectivity index (χ0v) is 8.47. The first-order valence-electron chi connectivity index (χ1n) is 4.75. The number of hydrogen-bond acceptors (Lipinski definition) is 3. The molecule has 0 N–H and O–H groups in total. The van der Waals surface area contributed by atoms with Crippen LogP contribution < -0.4 is 0 Å². The average Bonchev–Trinajstić information content (AvgIpc) is 2.58. The number of rotatable bonds is 3. The Balaban J connectivity index is 2.39. The topological polar surface area (TPSA) is 47.2 Å². The lowest BCUT2D eigenvalue weighted by molar-refractivity contribution is 0.563. The van der Waals surface area contributed by atoms with Crippen molar-refractivity contribution in [1.82, 2.24) is 9.55 Å². The highest BCUT2D eigenvalue weighted by atomic mass is 16.1. The molecule has 2 heterocycles. The number of fused-ring (bicyclic) bond motifs is 1. The second-order valence-corrected chi connectivity index (χ2v) is 3.36. The summed E-state index contributed by atoms with van der Waals surface area (Å²) >= 11 is 0. The molecule has 0 atom stereocenters. The smallest absolute Gasteiger partial charge is 0.234 e. The Labute approximate surface area is 87.3 Å². The molecule has 4 heteroatoms. The molecule has 0 bridgehead atoms. The molecule has 0 radical (unpaired) electrons. The van der Waals surface area contributed by atoms with E-state index in [0.717, 1.165) is 17.5 Å². The van der Waals surface area contributed by atoms with Gasteiger partial charge in [0.15, 0.2) is 0 Å². The molecule has 0 saturated heterocycles. The summed E-state index contributed by atoms with van der Waals surface area (Å²) in [5.41, 5.74) is 2.13. The molecule has 4 nitrogen and oxygen atoms in total. The molecule has 76 valence electrons. The predicted octanol–water partition coefficient (Wildman–Crippen LogP) is 1.45. The Bertz CT molecular complexity index is 524. The molecule has 0 spiro atoms. The van der Waals surface area contributed by atoms with Gasteiger partial charge in [0, 0.05) is 24.8 Å². The number of nitrogens with zero attached hydrogens (tertiary/aromatic N) is 3. The van der Waals surface area contributed by atoms with E-state index >= 15 is 0 Å². The van der Waals surface area contributed by atoms with E-state index in [4.69, 9.17) is 0 Å². The van der Waals surface area contributed by atoms with Crippen LogP contribution in [0.15, 0.2) is 29.5 Å². The molecule has 0 fully saturated rings. The maximum Gasteiger partial charge on any atom is 0.234 e. The first-order chi connectivity index (χ1) is 7.33. The largest absolute Gasteiger partial charge is 0.335 e. The number of pyridine rings is 1. The maximum absolute atomic E-state index is 9.95. The van der Waals surface area contributed by atoms with Gasteiger partial charge in [-0.3, -0.25) is 0 Å². The van der Waals surface area contributed by atoms with Crippen LogP contribution in [0.1, 0.15) is 5.56 Å². The van der Waals surface area contributed by atoms with Crippen LogP contribution in [-0.4, -0.2) is 22.2 Å². The molecule has 2 rings (SSSR count). The van der Waals surface area contributed by atoms with Crippen LogP contribution in [0.25, 0.3) is 11.0 Å². The molecule has 2 aromatic rings.